The lowest BCUT2D eigenvalue weighted by atomic mass is 9.54. The second kappa shape index (κ2) is 7.46. The highest BCUT2D eigenvalue weighted by Gasteiger charge is 2.49. The summed E-state index contributed by atoms with van der Waals surface area (Å²) in [7, 11) is 1.60. The molecule has 2 aromatic heterocycles. The summed E-state index contributed by atoms with van der Waals surface area (Å²) in [5, 5.41) is 0.609. The molecule has 28 heavy (non-hydrogen) atoms. The summed E-state index contributed by atoms with van der Waals surface area (Å²) in [4.78, 5) is 38.7. The lowest BCUT2D eigenvalue weighted by Crippen LogP contribution is -2.51. The quantitative estimate of drug-likeness (QED) is 0.393. The Morgan fingerprint density at radius 2 is 2.07 bits per heavy atom. The molecule has 2 aliphatic rings. The fourth-order valence-corrected chi connectivity index (χ4v) is 5.92. The summed E-state index contributed by atoms with van der Waals surface area (Å²) in [5.74, 6) is 0. The standard InChI is InChI=1S/C19H26N4O4S/c1-12-14(10-20-21-11-24)28-17-15(12)16(25)23(18(26)22(17)6-7-27-2)13-8-19(9-13)4-3-5-19/h11,13,20H,3-10H2,1-2H3,(H,21,24). The molecule has 2 aliphatic carbocycles. The van der Waals surface area contributed by atoms with Crippen molar-refractivity contribution < 1.29 is 9.53 Å². The largest absolute Gasteiger partial charge is 0.383 e. The van der Waals surface area contributed by atoms with E-state index in [9.17, 15) is 14.4 Å². The minimum atomic E-state index is -0.236. The number of carbonyl (C=O) groups is 1. The van der Waals surface area contributed by atoms with E-state index in [1.807, 2.05) is 6.92 Å². The molecule has 0 atom stereocenters. The van der Waals surface area contributed by atoms with Gasteiger partial charge in [0.1, 0.15) is 4.83 Å². The molecule has 0 aliphatic heterocycles. The molecule has 0 unspecified atom stereocenters. The SMILES string of the molecule is COCCn1c(=O)n(C2CC3(CCC3)C2)c(=O)c2c(C)c(CNNC=O)sc21. The van der Waals surface area contributed by atoms with Crippen LogP contribution in [-0.2, 0) is 22.6 Å². The number of nitrogens with zero attached hydrogens (tertiary/aromatic N) is 2. The van der Waals surface area contributed by atoms with Gasteiger partial charge in [0.05, 0.1) is 18.5 Å². The van der Waals surface area contributed by atoms with Crippen molar-refractivity contribution in [3.05, 3.63) is 31.3 Å². The Morgan fingerprint density at radius 3 is 2.68 bits per heavy atom. The van der Waals surface area contributed by atoms with E-state index in [-0.39, 0.29) is 17.3 Å². The van der Waals surface area contributed by atoms with Crippen molar-refractivity contribution in [2.24, 2.45) is 5.41 Å². The number of aryl methyl sites for hydroxylation is 1. The van der Waals surface area contributed by atoms with Gasteiger partial charge in [-0.25, -0.2) is 10.2 Å². The van der Waals surface area contributed by atoms with Crippen LogP contribution in [0.1, 0.15) is 48.6 Å². The predicted octanol–water partition coefficient (Wildman–Crippen LogP) is 1.44. The Bertz CT molecular complexity index is 1010. The molecule has 0 saturated heterocycles. The highest BCUT2D eigenvalue weighted by atomic mass is 32.1. The summed E-state index contributed by atoms with van der Waals surface area (Å²) < 4.78 is 8.36. The molecule has 4 rings (SSSR count). The number of hydrazine groups is 1. The van der Waals surface area contributed by atoms with Crippen molar-refractivity contribution in [3.63, 3.8) is 0 Å². The van der Waals surface area contributed by atoms with Crippen LogP contribution in [0.25, 0.3) is 10.2 Å². The average molecular weight is 407 g/mol. The first-order chi connectivity index (χ1) is 13.5. The number of hydrogen-bond donors (Lipinski definition) is 2. The zero-order valence-electron chi connectivity index (χ0n) is 16.2. The summed E-state index contributed by atoms with van der Waals surface area (Å²) in [6.45, 7) is 3.11. The van der Waals surface area contributed by atoms with Crippen LogP contribution < -0.4 is 22.1 Å². The Morgan fingerprint density at radius 1 is 1.32 bits per heavy atom. The maximum Gasteiger partial charge on any atom is 0.332 e. The number of rotatable bonds is 8. The Balaban J connectivity index is 1.80. The van der Waals surface area contributed by atoms with E-state index in [4.69, 9.17) is 4.74 Å². The summed E-state index contributed by atoms with van der Waals surface area (Å²) in [6.07, 6.45) is 6.12. The summed E-state index contributed by atoms with van der Waals surface area (Å²) in [6, 6.07) is -0.00361. The van der Waals surface area contributed by atoms with E-state index in [1.54, 1.807) is 11.7 Å². The Labute approximate surface area is 166 Å². The molecule has 2 heterocycles. The van der Waals surface area contributed by atoms with E-state index in [2.05, 4.69) is 10.9 Å². The molecule has 152 valence electrons. The molecule has 2 N–H and O–H groups in total. The van der Waals surface area contributed by atoms with E-state index in [0.717, 1.165) is 23.3 Å². The van der Waals surface area contributed by atoms with E-state index < -0.39 is 0 Å². The predicted molar refractivity (Wildman–Crippen MR) is 108 cm³/mol. The van der Waals surface area contributed by atoms with Crippen molar-refractivity contribution in [3.8, 4) is 0 Å². The minimum Gasteiger partial charge on any atom is -0.383 e. The zero-order chi connectivity index (χ0) is 19.9. The normalized spacial score (nSPS) is 18.2. The lowest BCUT2D eigenvalue weighted by Gasteiger charge is -2.54. The molecule has 0 aromatic carbocycles. The van der Waals surface area contributed by atoms with E-state index >= 15 is 0 Å². The third kappa shape index (κ3) is 3.01. The first-order valence-corrected chi connectivity index (χ1v) is 10.5. The maximum absolute atomic E-state index is 13.3. The van der Waals surface area contributed by atoms with Crippen LogP contribution in [-0.4, -0.2) is 29.3 Å². The van der Waals surface area contributed by atoms with Gasteiger partial charge in [-0.2, -0.15) is 0 Å². The molecule has 1 spiro atoms. The van der Waals surface area contributed by atoms with Gasteiger partial charge >= 0.3 is 5.69 Å². The number of nitrogens with one attached hydrogen (secondary N) is 2. The van der Waals surface area contributed by atoms with E-state index in [0.29, 0.717) is 41.7 Å². The smallest absolute Gasteiger partial charge is 0.332 e. The van der Waals surface area contributed by atoms with Crippen molar-refractivity contribution >= 4 is 28.0 Å². The lowest BCUT2D eigenvalue weighted by molar-refractivity contribution is -0.110. The number of fused-ring (bicyclic) bond motifs is 1. The second-order valence-corrected chi connectivity index (χ2v) is 9.05. The molecule has 2 saturated carbocycles. The first-order valence-electron chi connectivity index (χ1n) is 9.69. The monoisotopic (exact) mass is 406 g/mol. The van der Waals surface area contributed by atoms with Crippen LogP contribution in [0, 0.1) is 12.3 Å². The molecule has 2 aromatic rings. The van der Waals surface area contributed by atoms with Gasteiger partial charge in [-0.05, 0) is 43.6 Å². The fourth-order valence-electron chi connectivity index (χ4n) is 4.66. The molecular formula is C19H26N4O4S. The van der Waals surface area contributed by atoms with Crippen LogP contribution >= 0.6 is 11.3 Å². The molecule has 9 heteroatoms. The summed E-state index contributed by atoms with van der Waals surface area (Å²) in [5.41, 5.74) is 6.05. The minimum absolute atomic E-state index is 0.00361. The number of methoxy groups -OCH3 is 1. The van der Waals surface area contributed by atoms with Gasteiger partial charge < -0.3 is 4.74 Å². The zero-order valence-corrected chi connectivity index (χ0v) is 17.1. The number of hydrogen-bond acceptors (Lipinski definition) is 6. The van der Waals surface area contributed by atoms with Crippen molar-refractivity contribution in [1.82, 2.24) is 20.0 Å². The topological polar surface area (TPSA) is 94.4 Å². The highest BCUT2D eigenvalue weighted by molar-refractivity contribution is 7.18. The van der Waals surface area contributed by atoms with Gasteiger partial charge in [-0.3, -0.25) is 24.1 Å². The van der Waals surface area contributed by atoms with Gasteiger partial charge in [0.2, 0.25) is 6.41 Å². The molecule has 8 nitrogen and oxygen atoms in total. The van der Waals surface area contributed by atoms with Gasteiger partial charge in [0.25, 0.3) is 5.56 Å². The second-order valence-electron chi connectivity index (χ2n) is 7.96. The third-order valence-electron chi connectivity index (χ3n) is 6.39. The first kappa shape index (κ1) is 19.4. The maximum atomic E-state index is 13.3. The third-order valence-corrected chi connectivity index (χ3v) is 7.70. The van der Waals surface area contributed by atoms with Crippen LogP contribution in [0.2, 0.25) is 0 Å². The number of aromatic nitrogens is 2. The molecular weight excluding hydrogens is 380 g/mol. The van der Waals surface area contributed by atoms with E-state index in [1.165, 1.54) is 35.2 Å². The van der Waals surface area contributed by atoms with Crippen LogP contribution in [0.5, 0.6) is 0 Å². The van der Waals surface area contributed by atoms with Crippen molar-refractivity contribution in [2.45, 2.75) is 58.2 Å². The average Bonchev–Trinajstić information content (AvgIpc) is 2.92. The molecule has 2 fully saturated rings. The number of carbonyl (C=O) groups excluding carboxylic acids is 1. The van der Waals surface area contributed by atoms with Crippen molar-refractivity contribution in [1.29, 1.82) is 0 Å². The summed E-state index contributed by atoms with van der Waals surface area (Å²) >= 11 is 1.42. The van der Waals surface area contributed by atoms with Gasteiger partial charge in [-0.1, -0.05) is 6.42 Å². The molecule has 1 amide bonds. The van der Waals surface area contributed by atoms with Crippen LogP contribution in [0.15, 0.2) is 9.59 Å². The van der Waals surface area contributed by atoms with Gasteiger partial charge in [-0.15, -0.1) is 11.3 Å². The fraction of sp³-hybridized carbons (Fsp3) is 0.632. The number of thiophene rings is 1. The Kier molecular flexibility index (Phi) is 5.15. The number of amides is 1. The van der Waals surface area contributed by atoms with Crippen LogP contribution in [0.3, 0.4) is 0 Å². The van der Waals surface area contributed by atoms with Gasteiger partial charge in [0.15, 0.2) is 0 Å². The van der Waals surface area contributed by atoms with Crippen LogP contribution in [0.4, 0.5) is 0 Å². The molecule has 0 radical (unpaired) electrons. The number of ether oxygens (including phenoxy) is 1. The highest BCUT2D eigenvalue weighted by Crippen LogP contribution is 2.59. The molecule has 0 bridgehead atoms. The Hall–Kier alpha value is -1.97. The van der Waals surface area contributed by atoms with Crippen molar-refractivity contribution in [2.75, 3.05) is 13.7 Å². The van der Waals surface area contributed by atoms with Gasteiger partial charge in [0, 0.05) is 24.6 Å².